The maximum Gasteiger partial charge on any atom is 0.329 e. The van der Waals surface area contributed by atoms with Gasteiger partial charge in [0.05, 0.1) is 17.6 Å². The van der Waals surface area contributed by atoms with Crippen LogP contribution in [-0.4, -0.2) is 43.4 Å². The summed E-state index contributed by atoms with van der Waals surface area (Å²) in [5.74, 6) is 0. The minimum Gasteiger partial charge on any atom is -0.385 e. The van der Waals surface area contributed by atoms with Crippen LogP contribution in [0.2, 0.25) is 5.15 Å². The van der Waals surface area contributed by atoms with Crippen LogP contribution in [0, 0.1) is 17.0 Å². The van der Waals surface area contributed by atoms with Crippen molar-refractivity contribution in [2.24, 2.45) is 0 Å². The molecule has 112 valence electrons. The van der Waals surface area contributed by atoms with Crippen molar-refractivity contribution in [3.8, 4) is 0 Å². The molecule has 7 nitrogen and oxygen atoms in total. The van der Waals surface area contributed by atoms with Crippen molar-refractivity contribution >= 4 is 23.0 Å². The van der Waals surface area contributed by atoms with E-state index in [1.165, 1.54) is 0 Å². The molecule has 1 heterocycles. The average Bonchev–Trinajstić information content (AvgIpc) is 2.34. The Morgan fingerprint density at radius 1 is 1.50 bits per heavy atom. The smallest absolute Gasteiger partial charge is 0.329 e. The van der Waals surface area contributed by atoms with Crippen LogP contribution in [0.1, 0.15) is 12.1 Å². The topological polar surface area (TPSA) is 86.5 Å². The second-order valence-corrected chi connectivity index (χ2v) is 4.64. The third-order valence-electron chi connectivity index (χ3n) is 2.66. The molecular formula is C12H18ClN3O4. The highest BCUT2D eigenvalue weighted by atomic mass is 35.5. The SMILES string of the molecule is COCCC(COC)Nc1cc(C)nc(Cl)c1[N+](=O)[O-]. The van der Waals surface area contributed by atoms with Crippen molar-refractivity contribution in [2.75, 3.05) is 32.8 Å². The van der Waals surface area contributed by atoms with E-state index in [2.05, 4.69) is 10.3 Å². The van der Waals surface area contributed by atoms with Gasteiger partial charge in [-0.1, -0.05) is 11.6 Å². The monoisotopic (exact) mass is 303 g/mol. The number of nitrogens with one attached hydrogen (secondary N) is 1. The van der Waals surface area contributed by atoms with Gasteiger partial charge in [0, 0.05) is 26.5 Å². The average molecular weight is 304 g/mol. The third kappa shape index (κ3) is 4.59. The van der Waals surface area contributed by atoms with Crippen LogP contribution in [0.25, 0.3) is 0 Å². The zero-order valence-electron chi connectivity index (χ0n) is 11.7. The summed E-state index contributed by atoms with van der Waals surface area (Å²) in [6.45, 7) is 2.65. The largest absolute Gasteiger partial charge is 0.385 e. The van der Waals surface area contributed by atoms with Gasteiger partial charge in [-0.25, -0.2) is 4.98 Å². The van der Waals surface area contributed by atoms with E-state index < -0.39 is 4.92 Å². The lowest BCUT2D eigenvalue weighted by Crippen LogP contribution is -2.27. The number of anilines is 1. The molecule has 1 aromatic rings. The summed E-state index contributed by atoms with van der Waals surface area (Å²) >= 11 is 5.85. The molecular weight excluding hydrogens is 286 g/mol. The highest BCUT2D eigenvalue weighted by molar-refractivity contribution is 6.32. The number of rotatable bonds is 8. The molecule has 0 aromatic carbocycles. The second-order valence-electron chi connectivity index (χ2n) is 4.29. The zero-order valence-corrected chi connectivity index (χ0v) is 12.4. The Bertz CT molecular complexity index is 470. The van der Waals surface area contributed by atoms with Crippen molar-refractivity contribution in [1.29, 1.82) is 0 Å². The number of ether oxygens (including phenoxy) is 2. The highest BCUT2D eigenvalue weighted by Gasteiger charge is 2.23. The molecule has 1 aromatic heterocycles. The van der Waals surface area contributed by atoms with Gasteiger partial charge in [-0.15, -0.1) is 0 Å². The van der Waals surface area contributed by atoms with E-state index in [9.17, 15) is 10.1 Å². The molecule has 1 N–H and O–H groups in total. The van der Waals surface area contributed by atoms with Gasteiger partial charge in [-0.3, -0.25) is 10.1 Å². The molecule has 1 atom stereocenters. The Morgan fingerprint density at radius 2 is 2.20 bits per heavy atom. The van der Waals surface area contributed by atoms with E-state index in [0.29, 0.717) is 31.0 Å². The highest BCUT2D eigenvalue weighted by Crippen LogP contribution is 2.32. The molecule has 0 aliphatic heterocycles. The van der Waals surface area contributed by atoms with E-state index in [-0.39, 0.29) is 16.9 Å². The number of halogens is 1. The summed E-state index contributed by atoms with van der Waals surface area (Å²) in [7, 11) is 3.17. The Morgan fingerprint density at radius 3 is 2.75 bits per heavy atom. The summed E-state index contributed by atoms with van der Waals surface area (Å²) in [6, 6.07) is 1.48. The number of methoxy groups -OCH3 is 2. The summed E-state index contributed by atoms with van der Waals surface area (Å²) in [5, 5.41) is 14.0. The maximum atomic E-state index is 11.1. The molecule has 0 amide bonds. The van der Waals surface area contributed by atoms with Crippen LogP contribution in [0.4, 0.5) is 11.4 Å². The third-order valence-corrected chi connectivity index (χ3v) is 2.92. The number of aromatic nitrogens is 1. The summed E-state index contributed by atoms with van der Waals surface area (Å²) in [5.41, 5.74) is 0.715. The minimum absolute atomic E-state index is 0.114. The van der Waals surface area contributed by atoms with E-state index in [0.717, 1.165) is 0 Å². The number of nitrogens with zero attached hydrogens (tertiary/aromatic N) is 2. The Labute approximate surface area is 122 Å². The molecule has 0 aliphatic carbocycles. The molecule has 0 aliphatic rings. The number of hydrogen-bond acceptors (Lipinski definition) is 6. The lowest BCUT2D eigenvalue weighted by atomic mass is 10.2. The minimum atomic E-state index is -0.544. The van der Waals surface area contributed by atoms with Gasteiger partial charge in [-0.05, 0) is 19.4 Å². The zero-order chi connectivity index (χ0) is 15.1. The molecule has 0 fully saturated rings. The van der Waals surface area contributed by atoms with Crippen LogP contribution >= 0.6 is 11.6 Å². The van der Waals surface area contributed by atoms with Gasteiger partial charge in [-0.2, -0.15) is 0 Å². The van der Waals surface area contributed by atoms with Gasteiger partial charge in [0.15, 0.2) is 0 Å². The molecule has 0 radical (unpaired) electrons. The predicted octanol–water partition coefficient (Wildman–Crippen LogP) is 2.42. The Kier molecular flexibility index (Phi) is 6.63. The molecule has 1 rings (SSSR count). The number of nitro groups is 1. The molecule has 1 unspecified atom stereocenters. The van der Waals surface area contributed by atoms with Gasteiger partial charge in [0.1, 0.15) is 5.69 Å². The molecule has 0 bridgehead atoms. The van der Waals surface area contributed by atoms with E-state index in [1.54, 1.807) is 27.2 Å². The van der Waals surface area contributed by atoms with E-state index in [4.69, 9.17) is 21.1 Å². The number of pyridine rings is 1. The lowest BCUT2D eigenvalue weighted by Gasteiger charge is -2.19. The Hall–Kier alpha value is -1.44. The van der Waals surface area contributed by atoms with Crippen molar-refractivity contribution in [3.63, 3.8) is 0 Å². The summed E-state index contributed by atoms with van der Waals surface area (Å²) < 4.78 is 10.1. The molecule has 0 saturated carbocycles. The summed E-state index contributed by atoms with van der Waals surface area (Å²) in [4.78, 5) is 14.4. The van der Waals surface area contributed by atoms with Crippen molar-refractivity contribution in [1.82, 2.24) is 4.98 Å². The first-order chi connectivity index (χ1) is 9.49. The Balaban J connectivity index is 3.01. The van der Waals surface area contributed by atoms with Crippen LogP contribution in [0.15, 0.2) is 6.07 Å². The van der Waals surface area contributed by atoms with Gasteiger partial charge >= 0.3 is 5.69 Å². The standard InChI is InChI=1S/C12H18ClN3O4/c1-8-6-10(11(16(17)18)12(13)14-8)15-9(7-20-3)4-5-19-2/h6,9H,4-5,7H2,1-3H3,(H,14,15). The van der Waals surface area contributed by atoms with Crippen molar-refractivity contribution < 1.29 is 14.4 Å². The quantitative estimate of drug-likeness (QED) is 0.451. The number of hydrogen-bond donors (Lipinski definition) is 1. The maximum absolute atomic E-state index is 11.1. The fourth-order valence-corrected chi connectivity index (χ4v) is 2.09. The second kappa shape index (κ2) is 7.98. The first-order valence-corrected chi connectivity index (χ1v) is 6.43. The van der Waals surface area contributed by atoms with Gasteiger partial charge < -0.3 is 14.8 Å². The van der Waals surface area contributed by atoms with Crippen LogP contribution in [0.3, 0.4) is 0 Å². The van der Waals surface area contributed by atoms with Gasteiger partial charge in [0.25, 0.3) is 0 Å². The molecule has 0 spiro atoms. The summed E-state index contributed by atoms with van der Waals surface area (Å²) in [6.07, 6.45) is 0.653. The molecule has 20 heavy (non-hydrogen) atoms. The van der Waals surface area contributed by atoms with Crippen molar-refractivity contribution in [3.05, 3.63) is 27.0 Å². The predicted molar refractivity (Wildman–Crippen MR) is 76.4 cm³/mol. The number of aryl methyl sites for hydroxylation is 1. The normalized spacial score (nSPS) is 12.2. The first-order valence-electron chi connectivity index (χ1n) is 6.05. The molecule has 8 heteroatoms. The molecule has 0 saturated heterocycles. The fraction of sp³-hybridized carbons (Fsp3) is 0.583. The van der Waals surface area contributed by atoms with E-state index >= 15 is 0 Å². The van der Waals surface area contributed by atoms with Crippen molar-refractivity contribution in [2.45, 2.75) is 19.4 Å². The van der Waals surface area contributed by atoms with E-state index in [1.807, 2.05) is 0 Å². The van der Waals surface area contributed by atoms with Crippen LogP contribution in [0.5, 0.6) is 0 Å². The van der Waals surface area contributed by atoms with Crippen LogP contribution < -0.4 is 5.32 Å². The van der Waals surface area contributed by atoms with Crippen LogP contribution in [-0.2, 0) is 9.47 Å². The lowest BCUT2D eigenvalue weighted by molar-refractivity contribution is -0.384. The van der Waals surface area contributed by atoms with Gasteiger partial charge in [0.2, 0.25) is 5.15 Å². The first kappa shape index (κ1) is 16.6. The fourth-order valence-electron chi connectivity index (χ4n) is 1.79.